The summed E-state index contributed by atoms with van der Waals surface area (Å²) in [5.74, 6) is 0.783. The number of likely N-dealkylation sites (tertiary alicyclic amines) is 1. The summed E-state index contributed by atoms with van der Waals surface area (Å²) in [7, 11) is 0. The number of nitrogens with zero attached hydrogens (tertiary/aromatic N) is 2. The van der Waals surface area contributed by atoms with Crippen molar-refractivity contribution in [3.05, 3.63) is 35.6 Å². The van der Waals surface area contributed by atoms with Crippen LogP contribution in [0.5, 0.6) is 0 Å². The Morgan fingerprint density at radius 3 is 2.50 bits per heavy atom. The third-order valence-corrected chi connectivity index (χ3v) is 5.92. The molecule has 0 bridgehead atoms. The highest BCUT2D eigenvalue weighted by molar-refractivity contribution is 5.80. The minimum absolute atomic E-state index is 0.0870. The van der Waals surface area contributed by atoms with Crippen LogP contribution in [0.25, 0.3) is 0 Å². The van der Waals surface area contributed by atoms with Crippen LogP contribution in [0.4, 0.5) is 4.39 Å². The summed E-state index contributed by atoms with van der Waals surface area (Å²) >= 11 is 0. The normalized spacial score (nSPS) is 21.0. The zero-order valence-corrected chi connectivity index (χ0v) is 17.3. The number of rotatable bonds is 6. The van der Waals surface area contributed by atoms with Gasteiger partial charge in [-0.15, -0.1) is 0 Å². The molecule has 0 aromatic heterocycles. The quantitative estimate of drug-likeness (QED) is 0.597. The summed E-state index contributed by atoms with van der Waals surface area (Å²) in [5.41, 5.74) is 1.07. The van der Waals surface area contributed by atoms with Gasteiger partial charge in [0.2, 0.25) is 0 Å². The lowest BCUT2D eigenvalue weighted by molar-refractivity contribution is 0.0262. The molecule has 0 saturated carbocycles. The van der Waals surface area contributed by atoms with E-state index in [2.05, 4.69) is 24.1 Å². The molecule has 156 valence electrons. The van der Waals surface area contributed by atoms with E-state index in [0.717, 1.165) is 76.7 Å². The van der Waals surface area contributed by atoms with E-state index in [4.69, 9.17) is 14.5 Å². The molecular formula is C22H34FN3O2. The van der Waals surface area contributed by atoms with Crippen molar-refractivity contribution in [2.75, 3.05) is 46.0 Å². The Morgan fingerprint density at radius 2 is 1.89 bits per heavy atom. The van der Waals surface area contributed by atoms with E-state index in [9.17, 15) is 4.39 Å². The Labute approximate surface area is 168 Å². The van der Waals surface area contributed by atoms with Gasteiger partial charge in [-0.25, -0.2) is 4.39 Å². The van der Waals surface area contributed by atoms with E-state index in [1.54, 1.807) is 12.1 Å². The zero-order valence-electron chi connectivity index (χ0n) is 17.3. The highest BCUT2D eigenvalue weighted by Crippen LogP contribution is 2.35. The van der Waals surface area contributed by atoms with Crippen LogP contribution < -0.4 is 5.32 Å². The van der Waals surface area contributed by atoms with Crippen LogP contribution in [0.3, 0.4) is 0 Å². The molecule has 1 N–H and O–H groups in total. The number of hydrogen-bond donors (Lipinski definition) is 1. The largest absolute Gasteiger partial charge is 0.381 e. The molecule has 1 aromatic carbocycles. The summed E-state index contributed by atoms with van der Waals surface area (Å²) < 4.78 is 24.8. The molecule has 28 heavy (non-hydrogen) atoms. The number of aliphatic imine (C=N–C) groups is 1. The molecule has 0 atom stereocenters. The Kier molecular flexibility index (Phi) is 7.68. The average Bonchev–Trinajstić information content (AvgIpc) is 2.73. The SMILES string of the molecule is CCNC(=NCC1(c2ccc(F)cc2)CCOCC1)N1CCC(OCC)CC1. The molecule has 2 aliphatic rings. The second-order valence-electron chi connectivity index (χ2n) is 7.71. The van der Waals surface area contributed by atoms with Crippen molar-refractivity contribution in [2.45, 2.75) is 51.0 Å². The van der Waals surface area contributed by atoms with Gasteiger partial charge in [0.15, 0.2) is 5.96 Å². The van der Waals surface area contributed by atoms with Crippen LogP contribution in [0.1, 0.15) is 45.1 Å². The first-order valence-corrected chi connectivity index (χ1v) is 10.7. The molecule has 2 fully saturated rings. The van der Waals surface area contributed by atoms with Crippen molar-refractivity contribution >= 4 is 5.96 Å². The third-order valence-electron chi connectivity index (χ3n) is 5.92. The van der Waals surface area contributed by atoms with E-state index < -0.39 is 0 Å². The first-order chi connectivity index (χ1) is 13.7. The highest BCUT2D eigenvalue weighted by Gasteiger charge is 2.35. The highest BCUT2D eigenvalue weighted by atomic mass is 19.1. The molecule has 2 saturated heterocycles. The number of halogens is 1. The molecule has 5 nitrogen and oxygen atoms in total. The summed E-state index contributed by atoms with van der Waals surface area (Å²) in [6.07, 6.45) is 4.26. The van der Waals surface area contributed by atoms with Gasteiger partial charge >= 0.3 is 0 Å². The Morgan fingerprint density at radius 1 is 1.21 bits per heavy atom. The fourth-order valence-electron chi connectivity index (χ4n) is 4.23. The monoisotopic (exact) mass is 391 g/mol. The predicted molar refractivity (Wildman–Crippen MR) is 110 cm³/mol. The molecule has 1 aromatic rings. The van der Waals surface area contributed by atoms with Crippen molar-refractivity contribution < 1.29 is 13.9 Å². The van der Waals surface area contributed by atoms with Crippen molar-refractivity contribution in [1.29, 1.82) is 0 Å². The molecule has 2 heterocycles. The van der Waals surface area contributed by atoms with E-state index in [1.165, 1.54) is 0 Å². The Balaban J connectivity index is 1.74. The van der Waals surface area contributed by atoms with Crippen LogP contribution in [0.2, 0.25) is 0 Å². The van der Waals surface area contributed by atoms with Crippen molar-refractivity contribution in [2.24, 2.45) is 4.99 Å². The number of benzene rings is 1. The minimum atomic E-state index is -0.194. The first kappa shape index (κ1) is 21.1. The maximum atomic E-state index is 13.4. The minimum Gasteiger partial charge on any atom is -0.381 e. The first-order valence-electron chi connectivity index (χ1n) is 10.7. The fourth-order valence-corrected chi connectivity index (χ4v) is 4.23. The van der Waals surface area contributed by atoms with Crippen LogP contribution in [0, 0.1) is 5.82 Å². The van der Waals surface area contributed by atoms with Gasteiger partial charge in [0.25, 0.3) is 0 Å². The Hall–Kier alpha value is -1.66. The van der Waals surface area contributed by atoms with Gasteiger partial charge in [-0.2, -0.15) is 0 Å². The lowest BCUT2D eigenvalue weighted by Gasteiger charge is -2.38. The van der Waals surface area contributed by atoms with Gasteiger partial charge in [0.05, 0.1) is 12.6 Å². The standard InChI is InChI=1S/C22H34FN3O2/c1-3-24-21(26-13-9-20(10-14-26)28-4-2)25-17-22(11-15-27-16-12-22)18-5-7-19(23)8-6-18/h5-8,20H,3-4,9-17H2,1-2H3,(H,24,25). The number of ether oxygens (including phenoxy) is 2. The second kappa shape index (κ2) is 10.2. The smallest absolute Gasteiger partial charge is 0.193 e. The molecule has 6 heteroatoms. The predicted octanol–water partition coefficient (Wildman–Crippen LogP) is 3.34. The molecule has 0 amide bonds. The van der Waals surface area contributed by atoms with Crippen LogP contribution in [0.15, 0.2) is 29.3 Å². The molecule has 0 radical (unpaired) electrons. The number of guanidine groups is 1. The van der Waals surface area contributed by atoms with E-state index in [0.29, 0.717) is 12.6 Å². The molecule has 0 aliphatic carbocycles. The maximum absolute atomic E-state index is 13.4. The number of piperidine rings is 1. The summed E-state index contributed by atoms with van der Waals surface area (Å²) in [6.45, 7) is 9.85. The van der Waals surface area contributed by atoms with Crippen LogP contribution in [-0.2, 0) is 14.9 Å². The van der Waals surface area contributed by atoms with Gasteiger partial charge in [-0.3, -0.25) is 4.99 Å². The van der Waals surface area contributed by atoms with Gasteiger partial charge < -0.3 is 19.7 Å². The molecule has 0 unspecified atom stereocenters. The molecule has 0 spiro atoms. The lowest BCUT2D eigenvalue weighted by Crippen LogP contribution is -2.48. The topological polar surface area (TPSA) is 46.1 Å². The summed E-state index contributed by atoms with van der Waals surface area (Å²) in [4.78, 5) is 7.39. The number of nitrogens with one attached hydrogen (secondary N) is 1. The molecule has 2 aliphatic heterocycles. The van der Waals surface area contributed by atoms with Crippen LogP contribution >= 0.6 is 0 Å². The summed E-state index contributed by atoms with van der Waals surface area (Å²) in [6, 6.07) is 6.94. The average molecular weight is 392 g/mol. The zero-order chi connectivity index (χ0) is 19.8. The van der Waals surface area contributed by atoms with E-state index >= 15 is 0 Å². The van der Waals surface area contributed by atoms with Gasteiger partial charge in [-0.05, 0) is 57.2 Å². The van der Waals surface area contributed by atoms with Gasteiger partial charge in [-0.1, -0.05) is 12.1 Å². The maximum Gasteiger partial charge on any atom is 0.193 e. The molecule has 3 rings (SSSR count). The second-order valence-corrected chi connectivity index (χ2v) is 7.71. The van der Waals surface area contributed by atoms with Crippen LogP contribution in [-0.4, -0.2) is 63.0 Å². The Bertz CT molecular complexity index is 621. The summed E-state index contributed by atoms with van der Waals surface area (Å²) in [5, 5.41) is 3.46. The molecular weight excluding hydrogens is 357 g/mol. The van der Waals surface area contributed by atoms with Gasteiger partial charge in [0, 0.05) is 44.9 Å². The van der Waals surface area contributed by atoms with Crippen molar-refractivity contribution in [3.8, 4) is 0 Å². The fraction of sp³-hybridized carbons (Fsp3) is 0.682. The number of hydrogen-bond acceptors (Lipinski definition) is 3. The van der Waals surface area contributed by atoms with Gasteiger partial charge in [0.1, 0.15) is 5.82 Å². The third kappa shape index (κ3) is 5.23. The van der Waals surface area contributed by atoms with Crippen molar-refractivity contribution in [1.82, 2.24) is 10.2 Å². The lowest BCUT2D eigenvalue weighted by atomic mass is 9.74. The van der Waals surface area contributed by atoms with E-state index in [-0.39, 0.29) is 11.2 Å². The van der Waals surface area contributed by atoms with E-state index in [1.807, 2.05) is 12.1 Å². The van der Waals surface area contributed by atoms with Crippen molar-refractivity contribution in [3.63, 3.8) is 0 Å².